The molecule has 78 valence electrons. The molecule has 1 heterocycles. The highest BCUT2D eigenvalue weighted by Crippen LogP contribution is 2.21. The quantitative estimate of drug-likeness (QED) is 0.682. The Bertz CT molecular complexity index is 365. The predicted octanol–water partition coefficient (Wildman–Crippen LogP) is 3.62. The van der Waals surface area contributed by atoms with Gasteiger partial charge in [0.25, 0.3) is 0 Å². The third-order valence-corrected chi connectivity index (χ3v) is 2.13. The van der Waals surface area contributed by atoms with Gasteiger partial charge in [-0.15, -0.1) is 0 Å². The summed E-state index contributed by atoms with van der Waals surface area (Å²) in [4.78, 5) is 0. The Morgan fingerprint density at radius 1 is 1.40 bits per heavy atom. The SMILES string of the molecule is C=C/C=C\C1=C(C=C)NC=C/C1=C\CC. The van der Waals surface area contributed by atoms with Crippen LogP contribution in [0.25, 0.3) is 0 Å². The van der Waals surface area contributed by atoms with Gasteiger partial charge >= 0.3 is 0 Å². The molecular formula is C14H17N. The third kappa shape index (κ3) is 2.84. The van der Waals surface area contributed by atoms with Crippen molar-refractivity contribution in [3.8, 4) is 0 Å². The Morgan fingerprint density at radius 3 is 2.80 bits per heavy atom. The van der Waals surface area contributed by atoms with Crippen LogP contribution in [0.2, 0.25) is 0 Å². The molecule has 1 heteroatoms. The van der Waals surface area contributed by atoms with E-state index in [-0.39, 0.29) is 0 Å². The van der Waals surface area contributed by atoms with Gasteiger partial charge in [0.15, 0.2) is 0 Å². The molecule has 0 aromatic heterocycles. The summed E-state index contributed by atoms with van der Waals surface area (Å²) in [5, 5.41) is 3.17. The molecule has 0 saturated heterocycles. The second-order valence-corrected chi connectivity index (χ2v) is 3.17. The summed E-state index contributed by atoms with van der Waals surface area (Å²) >= 11 is 0. The molecule has 15 heavy (non-hydrogen) atoms. The Hall–Kier alpha value is -1.76. The van der Waals surface area contributed by atoms with Crippen molar-refractivity contribution in [1.29, 1.82) is 0 Å². The minimum atomic E-state index is 1.02. The molecule has 0 aromatic rings. The summed E-state index contributed by atoms with van der Waals surface area (Å²) in [6.07, 6.45) is 14.8. The highest BCUT2D eigenvalue weighted by Gasteiger charge is 2.07. The molecule has 0 aromatic carbocycles. The van der Waals surface area contributed by atoms with Crippen molar-refractivity contribution in [3.05, 3.63) is 72.7 Å². The molecule has 0 atom stereocenters. The van der Waals surface area contributed by atoms with Crippen molar-refractivity contribution < 1.29 is 0 Å². The standard InChI is InChI=1S/C14H17N/c1-4-7-9-13-12(8-5-2)10-11-15-14(13)6-3/h4,6-11,15H,1,3,5H2,2H3/b9-7-,12-8+. The first-order valence-corrected chi connectivity index (χ1v) is 5.13. The van der Waals surface area contributed by atoms with E-state index in [1.54, 1.807) is 6.08 Å². The van der Waals surface area contributed by atoms with Crippen LogP contribution in [0.3, 0.4) is 0 Å². The molecule has 0 aliphatic carbocycles. The Balaban J connectivity index is 3.12. The second kappa shape index (κ2) is 5.86. The summed E-state index contributed by atoms with van der Waals surface area (Å²) in [6.45, 7) is 9.60. The van der Waals surface area contributed by atoms with Crippen LogP contribution >= 0.6 is 0 Å². The normalized spacial score (nSPS) is 18.3. The molecule has 0 radical (unpaired) electrons. The van der Waals surface area contributed by atoms with Gasteiger partial charge in [0.05, 0.1) is 0 Å². The first-order valence-electron chi connectivity index (χ1n) is 5.13. The van der Waals surface area contributed by atoms with E-state index in [2.05, 4.69) is 37.6 Å². The highest BCUT2D eigenvalue weighted by molar-refractivity contribution is 5.54. The van der Waals surface area contributed by atoms with Gasteiger partial charge in [-0.1, -0.05) is 44.4 Å². The molecule has 1 aliphatic heterocycles. The van der Waals surface area contributed by atoms with Crippen molar-refractivity contribution in [2.24, 2.45) is 0 Å². The lowest BCUT2D eigenvalue weighted by atomic mass is 9.99. The van der Waals surface area contributed by atoms with Crippen molar-refractivity contribution >= 4 is 0 Å². The highest BCUT2D eigenvalue weighted by atomic mass is 14.9. The topological polar surface area (TPSA) is 12.0 Å². The van der Waals surface area contributed by atoms with E-state index in [0.29, 0.717) is 0 Å². The maximum absolute atomic E-state index is 3.80. The van der Waals surface area contributed by atoms with E-state index < -0.39 is 0 Å². The monoisotopic (exact) mass is 199 g/mol. The first-order chi connectivity index (χ1) is 7.33. The van der Waals surface area contributed by atoms with Gasteiger partial charge in [-0.3, -0.25) is 0 Å². The fourth-order valence-corrected chi connectivity index (χ4v) is 1.46. The molecule has 0 saturated carbocycles. The van der Waals surface area contributed by atoms with Crippen LogP contribution in [-0.2, 0) is 0 Å². The number of rotatable bonds is 4. The molecule has 0 spiro atoms. The number of dihydropyridines is 1. The van der Waals surface area contributed by atoms with E-state index in [0.717, 1.165) is 17.7 Å². The minimum absolute atomic E-state index is 1.02. The summed E-state index contributed by atoms with van der Waals surface area (Å²) in [6, 6.07) is 0. The van der Waals surface area contributed by atoms with Crippen LogP contribution < -0.4 is 5.32 Å². The van der Waals surface area contributed by atoms with E-state index in [9.17, 15) is 0 Å². The molecule has 1 aliphatic rings. The van der Waals surface area contributed by atoms with E-state index >= 15 is 0 Å². The molecule has 0 fully saturated rings. The van der Waals surface area contributed by atoms with Crippen LogP contribution in [0.1, 0.15) is 13.3 Å². The summed E-state index contributed by atoms with van der Waals surface area (Å²) in [5.41, 5.74) is 3.42. The average molecular weight is 199 g/mol. The van der Waals surface area contributed by atoms with Gasteiger partial charge in [0, 0.05) is 17.5 Å². The molecule has 1 N–H and O–H groups in total. The second-order valence-electron chi connectivity index (χ2n) is 3.17. The molecule has 0 bridgehead atoms. The van der Waals surface area contributed by atoms with Crippen molar-refractivity contribution in [2.75, 3.05) is 0 Å². The maximum Gasteiger partial charge on any atom is 0.0453 e. The van der Waals surface area contributed by atoms with Crippen molar-refractivity contribution in [2.45, 2.75) is 13.3 Å². The van der Waals surface area contributed by atoms with Gasteiger partial charge in [0.2, 0.25) is 0 Å². The number of hydrogen-bond acceptors (Lipinski definition) is 1. The van der Waals surface area contributed by atoms with Gasteiger partial charge in [-0.05, 0) is 24.1 Å². The largest absolute Gasteiger partial charge is 0.361 e. The fraction of sp³-hybridized carbons (Fsp3) is 0.143. The number of hydrogen-bond donors (Lipinski definition) is 1. The van der Waals surface area contributed by atoms with Crippen LogP contribution in [0.4, 0.5) is 0 Å². The molecule has 0 amide bonds. The van der Waals surface area contributed by atoms with Crippen LogP contribution in [0.5, 0.6) is 0 Å². The fourth-order valence-electron chi connectivity index (χ4n) is 1.46. The van der Waals surface area contributed by atoms with Gasteiger partial charge in [0.1, 0.15) is 0 Å². The third-order valence-electron chi connectivity index (χ3n) is 2.13. The Kier molecular flexibility index (Phi) is 4.42. The molecule has 1 rings (SSSR count). The molecular weight excluding hydrogens is 182 g/mol. The van der Waals surface area contributed by atoms with E-state index in [1.165, 1.54) is 5.57 Å². The zero-order chi connectivity index (χ0) is 11.1. The zero-order valence-corrected chi connectivity index (χ0v) is 9.16. The predicted molar refractivity (Wildman–Crippen MR) is 67.2 cm³/mol. The number of allylic oxidation sites excluding steroid dienone is 8. The van der Waals surface area contributed by atoms with E-state index in [1.807, 2.05) is 24.4 Å². The van der Waals surface area contributed by atoms with Crippen molar-refractivity contribution in [1.82, 2.24) is 5.32 Å². The first kappa shape index (κ1) is 11.3. The molecule has 0 unspecified atom stereocenters. The minimum Gasteiger partial charge on any atom is -0.361 e. The average Bonchev–Trinajstić information content (AvgIpc) is 2.27. The smallest absolute Gasteiger partial charge is 0.0453 e. The summed E-state index contributed by atoms with van der Waals surface area (Å²) < 4.78 is 0. The Morgan fingerprint density at radius 2 is 2.20 bits per heavy atom. The summed E-state index contributed by atoms with van der Waals surface area (Å²) in [7, 11) is 0. The molecule has 1 nitrogen and oxygen atoms in total. The lowest BCUT2D eigenvalue weighted by molar-refractivity contribution is 1.06. The van der Waals surface area contributed by atoms with Crippen LogP contribution in [-0.4, -0.2) is 0 Å². The van der Waals surface area contributed by atoms with E-state index in [4.69, 9.17) is 0 Å². The summed E-state index contributed by atoms with van der Waals surface area (Å²) in [5.74, 6) is 0. The number of nitrogens with one attached hydrogen (secondary N) is 1. The Labute approximate surface area is 91.9 Å². The van der Waals surface area contributed by atoms with Crippen molar-refractivity contribution in [3.63, 3.8) is 0 Å². The maximum atomic E-state index is 3.80. The van der Waals surface area contributed by atoms with Gasteiger partial charge in [-0.2, -0.15) is 0 Å². The zero-order valence-electron chi connectivity index (χ0n) is 9.16. The lowest BCUT2D eigenvalue weighted by Gasteiger charge is -2.15. The van der Waals surface area contributed by atoms with Gasteiger partial charge in [-0.25, -0.2) is 0 Å². The lowest BCUT2D eigenvalue weighted by Crippen LogP contribution is -2.10. The van der Waals surface area contributed by atoms with Gasteiger partial charge < -0.3 is 5.32 Å². The van der Waals surface area contributed by atoms with Crippen LogP contribution in [0, 0.1) is 0 Å². The van der Waals surface area contributed by atoms with Crippen LogP contribution in [0.15, 0.2) is 72.7 Å².